The fraction of sp³-hybridized carbons (Fsp3) is 0.0952. The molecule has 1 atom stereocenters. The first-order valence-corrected chi connectivity index (χ1v) is 8.66. The Labute approximate surface area is 151 Å². The number of nitrogens with zero attached hydrogens (tertiary/aromatic N) is 1. The molecule has 1 aromatic heterocycles. The summed E-state index contributed by atoms with van der Waals surface area (Å²) in [7, 11) is 0. The Balaban J connectivity index is 1.57. The average molecular weight is 341 g/mol. The van der Waals surface area contributed by atoms with Crippen molar-refractivity contribution in [3.8, 4) is 11.4 Å². The van der Waals surface area contributed by atoms with Crippen LogP contribution in [0.3, 0.4) is 0 Å². The monoisotopic (exact) mass is 341 g/mol. The molecule has 3 aromatic carbocycles. The van der Waals surface area contributed by atoms with Crippen molar-refractivity contribution in [1.82, 2.24) is 9.97 Å². The molecule has 4 aromatic rings. The summed E-state index contributed by atoms with van der Waals surface area (Å²) in [6.07, 6.45) is 0.00119. The molecule has 5 rings (SSSR count). The third-order valence-corrected chi connectivity index (χ3v) is 4.81. The molecule has 0 radical (unpaired) electrons. The van der Waals surface area contributed by atoms with Gasteiger partial charge in [-0.2, -0.15) is 0 Å². The maximum Gasteiger partial charge on any atom is 0.138 e. The second kappa shape index (κ2) is 5.52. The first-order valence-electron chi connectivity index (χ1n) is 8.66. The Morgan fingerprint density at radius 3 is 2.69 bits per heavy atom. The van der Waals surface area contributed by atoms with Crippen LogP contribution in [0.1, 0.15) is 17.3 Å². The fourth-order valence-electron chi connectivity index (χ4n) is 3.53. The summed E-state index contributed by atoms with van der Waals surface area (Å²) < 4.78 is 0. The molecule has 5 heteroatoms. The highest BCUT2D eigenvalue weighted by Crippen LogP contribution is 2.38. The van der Waals surface area contributed by atoms with E-state index in [2.05, 4.69) is 58.9 Å². The molecule has 1 aliphatic rings. The number of nitrogens with one attached hydrogen (secondary N) is 3. The molecular formula is C21H19N5. The smallest absolute Gasteiger partial charge is 0.138 e. The Hall–Kier alpha value is -3.47. The highest BCUT2D eigenvalue weighted by atomic mass is 15.2. The van der Waals surface area contributed by atoms with E-state index in [1.165, 1.54) is 5.56 Å². The van der Waals surface area contributed by atoms with Crippen LogP contribution in [-0.2, 0) is 0 Å². The summed E-state index contributed by atoms with van der Waals surface area (Å²) in [5.74, 6) is 0.844. The number of hydrogen-bond donors (Lipinski definition) is 4. The van der Waals surface area contributed by atoms with Crippen molar-refractivity contribution in [3.05, 3.63) is 71.8 Å². The Kier molecular flexibility index (Phi) is 3.15. The second-order valence-corrected chi connectivity index (χ2v) is 6.72. The molecule has 1 unspecified atom stereocenters. The standard InChI is InChI=1S/C21H19N5/c1-12-6-8-16-18(10-12)25-20(23-16)14-4-2-3-5-15(14)21-24-17-9-7-13(22)11-19(17)26-21/h2-11,20,23,25H,22H2,1H3,(H,24,26). The number of aromatic nitrogens is 2. The molecule has 0 fully saturated rings. The maximum atomic E-state index is 5.89. The topological polar surface area (TPSA) is 78.8 Å². The zero-order chi connectivity index (χ0) is 17.7. The van der Waals surface area contributed by atoms with Crippen molar-refractivity contribution in [3.63, 3.8) is 0 Å². The van der Waals surface area contributed by atoms with E-state index < -0.39 is 0 Å². The van der Waals surface area contributed by atoms with Gasteiger partial charge in [0.1, 0.15) is 12.0 Å². The quantitative estimate of drug-likeness (QED) is 0.400. The van der Waals surface area contributed by atoms with Gasteiger partial charge in [0.05, 0.1) is 22.4 Å². The van der Waals surface area contributed by atoms with Crippen LogP contribution in [0, 0.1) is 6.92 Å². The second-order valence-electron chi connectivity index (χ2n) is 6.72. The number of fused-ring (bicyclic) bond motifs is 2. The van der Waals surface area contributed by atoms with Crippen molar-refractivity contribution >= 4 is 28.1 Å². The largest absolute Gasteiger partial charge is 0.399 e. The van der Waals surface area contributed by atoms with Crippen LogP contribution in [0.5, 0.6) is 0 Å². The molecule has 26 heavy (non-hydrogen) atoms. The van der Waals surface area contributed by atoms with E-state index in [-0.39, 0.29) is 6.17 Å². The summed E-state index contributed by atoms with van der Waals surface area (Å²) in [6.45, 7) is 2.10. The van der Waals surface area contributed by atoms with Gasteiger partial charge in [0.2, 0.25) is 0 Å². The number of aryl methyl sites for hydroxylation is 1. The number of rotatable bonds is 2. The first-order chi connectivity index (χ1) is 12.7. The van der Waals surface area contributed by atoms with Gasteiger partial charge in [0.25, 0.3) is 0 Å². The van der Waals surface area contributed by atoms with Gasteiger partial charge in [-0.25, -0.2) is 4.98 Å². The van der Waals surface area contributed by atoms with Gasteiger partial charge in [-0.05, 0) is 42.8 Å². The fourth-order valence-corrected chi connectivity index (χ4v) is 3.53. The molecular weight excluding hydrogens is 322 g/mol. The number of aromatic amines is 1. The van der Waals surface area contributed by atoms with Crippen molar-refractivity contribution in [2.24, 2.45) is 0 Å². The van der Waals surface area contributed by atoms with Crippen LogP contribution in [-0.4, -0.2) is 9.97 Å². The van der Waals surface area contributed by atoms with Gasteiger partial charge in [0, 0.05) is 16.8 Å². The molecule has 5 nitrogen and oxygen atoms in total. The van der Waals surface area contributed by atoms with E-state index in [0.717, 1.165) is 45.0 Å². The molecule has 0 saturated carbocycles. The van der Waals surface area contributed by atoms with Crippen LogP contribution in [0.4, 0.5) is 17.1 Å². The number of anilines is 3. The number of imidazole rings is 1. The average Bonchev–Trinajstić information content (AvgIpc) is 3.24. The molecule has 0 amide bonds. The van der Waals surface area contributed by atoms with Gasteiger partial charge >= 0.3 is 0 Å². The first kappa shape index (κ1) is 14.8. The van der Waals surface area contributed by atoms with Crippen LogP contribution in [0.2, 0.25) is 0 Å². The lowest BCUT2D eigenvalue weighted by Crippen LogP contribution is -2.13. The number of nitrogen functional groups attached to an aromatic ring is 1. The molecule has 2 heterocycles. The Morgan fingerprint density at radius 2 is 1.77 bits per heavy atom. The molecule has 1 aliphatic heterocycles. The van der Waals surface area contributed by atoms with E-state index in [1.54, 1.807) is 0 Å². The minimum Gasteiger partial charge on any atom is -0.399 e. The van der Waals surface area contributed by atoms with E-state index in [9.17, 15) is 0 Å². The summed E-state index contributed by atoms with van der Waals surface area (Å²) in [5.41, 5.74) is 14.2. The van der Waals surface area contributed by atoms with Crippen LogP contribution in [0.15, 0.2) is 60.7 Å². The zero-order valence-electron chi connectivity index (χ0n) is 14.4. The number of benzene rings is 3. The lowest BCUT2D eigenvalue weighted by molar-refractivity contribution is 0.941. The number of H-pyrrole nitrogens is 1. The van der Waals surface area contributed by atoms with E-state index in [0.29, 0.717) is 0 Å². The predicted molar refractivity (Wildman–Crippen MR) is 107 cm³/mol. The van der Waals surface area contributed by atoms with Crippen molar-refractivity contribution in [2.45, 2.75) is 13.1 Å². The van der Waals surface area contributed by atoms with Gasteiger partial charge in [-0.3, -0.25) is 0 Å². The summed E-state index contributed by atoms with van der Waals surface area (Å²) in [5, 5.41) is 7.13. The summed E-state index contributed by atoms with van der Waals surface area (Å²) in [6, 6.07) is 20.4. The third-order valence-electron chi connectivity index (χ3n) is 4.81. The highest BCUT2D eigenvalue weighted by Gasteiger charge is 2.24. The van der Waals surface area contributed by atoms with E-state index >= 15 is 0 Å². The Bertz CT molecular complexity index is 1130. The highest BCUT2D eigenvalue weighted by molar-refractivity contribution is 5.83. The van der Waals surface area contributed by atoms with E-state index in [1.807, 2.05) is 24.3 Å². The molecule has 0 bridgehead atoms. The summed E-state index contributed by atoms with van der Waals surface area (Å²) >= 11 is 0. The van der Waals surface area contributed by atoms with Gasteiger partial charge < -0.3 is 21.4 Å². The van der Waals surface area contributed by atoms with Crippen molar-refractivity contribution < 1.29 is 0 Å². The lowest BCUT2D eigenvalue weighted by atomic mass is 10.0. The molecule has 0 saturated heterocycles. The van der Waals surface area contributed by atoms with Gasteiger partial charge in [-0.1, -0.05) is 30.3 Å². The van der Waals surface area contributed by atoms with Crippen molar-refractivity contribution in [2.75, 3.05) is 16.4 Å². The zero-order valence-corrected chi connectivity index (χ0v) is 14.4. The molecule has 0 spiro atoms. The van der Waals surface area contributed by atoms with Crippen LogP contribution >= 0.6 is 0 Å². The number of hydrogen-bond acceptors (Lipinski definition) is 4. The number of nitrogens with two attached hydrogens (primary N) is 1. The van der Waals surface area contributed by atoms with E-state index in [4.69, 9.17) is 10.7 Å². The maximum absolute atomic E-state index is 5.89. The third kappa shape index (κ3) is 2.37. The Morgan fingerprint density at radius 1 is 0.923 bits per heavy atom. The summed E-state index contributed by atoms with van der Waals surface area (Å²) in [4.78, 5) is 8.15. The SMILES string of the molecule is Cc1ccc2c(c1)NC(c1ccccc1-c1nc3ccc(N)cc3[nH]1)N2. The van der Waals surface area contributed by atoms with Gasteiger partial charge in [-0.15, -0.1) is 0 Å². The van der Waals surface area contributed by atoms with Gasteiger partial charge in [0.15, 0.2) is 0 Å². The molecule has 5 N–H and O–H groups in total. The minimum absolute atomic E-state index is 0.00119. The normalized spacial score (nSPS) is 15.5. The minimum atomic E-state index is 0.00119. The molecule has 0 aliphatic carbocycles. The van der Waals surface area contributed by atoms with Crippen molar-refractivity contribution in [1.29, 1.82) is 0 Å². The van der Waals surface area contributed by atoms with Crippen LogP contribution < -0.4 is 16.4 Å². The predicted octanol–water partition coefficient (Wildman–Crippen LogP) is 4.66. The molecule has 128 valence electrons. The van der Waals surface area contributed by atoms with Crippen LogP contribution in [0.25, 0.3) is 22.4 Å². The lowest BCUT2D eigenvalue weighted by Gasteiger charge is -2.16.